The van der Waals surface area contributed by atoms with Crippen LogP contribution in [0.15, 0.2) is 41.4 Å². The molecule has 0 aromatic carbocycles. The predicted molar refractivity (Wildman–Crippen MR) is 107 cm³/mol. The molecule has 7 heteroatoms. The van der Waals surface area contributed by atoms with Gasteiger partial charge in [-0.25, -0.2) is 4.98 Å². The van der Waals surface area contributed by atoms with Crippen LogP contribution in [-0.4, -0.2) is 53.5 Å². The van der Waals surface area contributed by atoms with E-state index in [1.807, 2.05) is 12.1 Å². The summed E-state index contributed by atoms with van der Waals surface area (Å²) in [5, 5.41) is 3.21. The van der Waals surface area contributed by atoms with Gasteiger partial charge in [-0.1, -0.05) is 6.42 Å². The average Bonchev–Trinajstić information content (AvgIpc) is 3.30. The summed E-state index contributed by atoms with van der Waals surface area (Å²) in [7, 11) is 0. The molecule has 0 bridgehead atoms. The van der Waals surface area contributed by atoms with Gasteiger partial charge in [-0.3, -0.25) is 14.7 Å². The average molecular weight is 383 g/mol. The first-order chi connectivity index (χ1) is 13.8. The SMILES string of the molecule is O=C(NCC(c1ccco1)N1CCCCC1)C1CCCN(c2cnccn2)C1. The van der Waals surface area contributed by atoms with Crippen molar-refractivity contribution in [3.8, 4) is 0 Å². The smallest absolute Gasteiger partial charge is 0.224 e. The van der Waals surface area contributed by atoms with Crippen LogP contribution in [0.1, 0.15) is 43.9 Å². The highest BCUT2D eigenvalue weighted by Crippen LogP contribution is 2.25. The minimum atomic E-state index is -0.0191. The Morgan fingerprint density at radius 1 is 1.21 bits per heavy atom. The van der Waals surface area contributed by atoms with Crippen LogP contribution in [0.2, 0.25) is 0 Å². The lowest BCUT2D eigenvalue weighted by Gasteiger charge is -2.35. The highest BCUT2D eigenvalue weighted by Gasteiger charge is 2.29. The van der Waals surface area contributed by atoms with E-state index in [0.29, 0.717) is 13.1 Å². The fourth-order valence-corrected chi connectivity index (χ4v) is 4.32. The zero-order valence-electron chi connectivity index (χ0n) is 16.3. The van der Waals surface area contributed by atoms with Crippen LogP contribution in [0.3, 0.4) is 0 Å². The molecular weight excluding hydrogens is 354 g/mol. The zero-order valence-corrected chi connectivity index (χ0v) is 16.3. The summed E-state index contributed by atoms with van der Waals surface area (Å²) in [5.41, 5.74) is 0. The van der Waals surface area contributed by atoms with Gasteiger partial charge in [-0.05, 0) is 50.9 Å². The molecule has 2 aromatic heterocycles. The van der Waals surface area contributed by atoms with Gasteiger partial charge < -0.3 is 14.6 Å². The number of furan rings is 1. The van der Waals surface area contributed by atoms with Crippen molar-refractivity contribution in [1.82, 2.24) is 20.2 Å². The summed E-state index contributed by atoms with van der Waals surface area (Å²) in [4.78, 5) is 26.0. The van der Waals surface area contributed by atoms with Gasteiger partial charge in [0.15, 0.2) is 0 Å². The molecule has 2 aliphatic heterocycles. The second-order valence-corrected chi connectivity index (χ2v) is 7.72. The Labute approximate surface area is 166 Å². The van der Waals surface area contributed by atoms with Crippen molar-refractivity contribution in [2.45, 2.75) is 38.1 Å². The molecule has 2 aliphatic rings. The van der Waals surface area contributed by atoms with E-state index in [0.717, 1.165) is 44.1 Å². The molecule has 2 atom stereocenters. The summed E-state index contributed by atoms with van der Waals surface area (Å²) >= 11 is 0. The summed E-state index contributed by atoms with van der Waals surface area (Å²) < 4.78 is 5.69. The Balaban J connectivity index is 1.36. The third kappa shape index (κ3) is 4.52. The number of piperidine rings is 2. The maximum Gasteiger partial charge on any atom is 0.224 e. The van der Waals surface area contributed by atoms with Crippen molar-refractivity contribution in [1.29, 1.82) is 0 Å². The Bertz CT molecular complexity index is 731. The van der Waals surface area contributed by atoms with Gasteiger partial charge in [0, 0.05) is 32.0 Å². The van der Waals surface area contributed by atoms with Gasteiger partial charge in [0.1, 0.15) is 11.6 Å². The summed E-state index contributed by atoms with van der Waals surface area (Å²) in [6, 6.07) is 4.05. The number of hydrogen-bond acceptors (Lipinski definition) is 6. The molecule has 2 saturated heterocycles. The second kappa shape index (κ2) is 9.19. The molecule has 0 saturated carbocycles. The van der Waals surface area contributed by atoms with Crippen molar-refractivity contribution in [3.63, 3.8) is 0 Å². The van der Waals surface area contributed by atoms with E-state index in [4.69, 9.17) is 4.42 Å². The molecule has 4 rings (SSSR count). The third-order valence-electron chi connectivity index (χ3n) is 5.84. The van der Waals surface area contributed by atoms with Crippen LogP contribution in [0.4, 0.5) is 5.82 Å². The van der Waals surface area contributed by atoms with Crippen molar-refractivity contribution in [2.24, 2.45) is 5.92 Å². The Morgan fingerprint density at radius 3 is 2.86 bits per heavy atom. The van der Waals surface area contributed by atoms with Crippen LogP contribution in [0.5, 0.6) is 0 Å². The van der Waals surface area contributed by atoms with Crippen LogP contribution in [-0.2, 0) is 4.79 Å². The fraction of sp³-hybridized carbons (Fsp3) is 0.571. The largest absolute Gasteiger partial charge is 0.468 e. The van der Waals surface area contributed by atoms with E-state index >= 15 is 0 Å². The Kier molecular flexibility index (Phi) is 6.21. The lowest BCUT2D eigenvalue weighted by Crippen LogP contribution is -2.46. The van der Waals surface area contributed by atoms with Crippen molar-refractivity contribution in [2.75, 3.05) is 37.6 Å². The van der Waals surface area contributed by atoms with Gasteiger partial charge >= 0.3 is 0 Å². The maximum atomic E-state index is 12.9. The molecule has 2 aromatic rings. The zero-order chi connectivity index (χ0) is 19.2. The standard InChI is InChI=1S/C21H29N5O2/c27-21(17-6-4-12-26(16-17)20-15-22-8-9-23-20)24-14-18(19-7-5-13-28-19)25-10-2-1-3-11-25/h5,7-9,13,15,17-18H,1-4,6,10-12,14,16H2,(H,24,27). The number of hydrogen-bond donors (Lipinski definition) is 1. The van der Waals surface area contributed by atoms with Crippen molar-refractivity contribution in [3.05, 3.63) is 42.7 Å². The molecule has 28 heavy (non-hydrogen) atoms. The van der Waals surface area contributed by atoms with E-state index in [2.05, 4.69) is 25.1 Å². The molecule has 0 radical (unpaired) electrons. The van der Waals surface area contributed by atoms with Crippen LogP contribution in [0, 0.1) is 5.92 Å². The molecule has 150 valence electrons. The molecule has 1 amide bonds. The number of anilines is 1. The quantitative estimate of drug-likeness (QED) is 0.827. The minimum absolute atomic E-state index is 0.0191. The van der Waals surface area contributed by atoms with Crippen molar-refractivity contribution < 1.29 is 9.21 Å². The third-order valence-corrected chi connectivity index (χ3v) is 5.84. The van der Waals surface area contributed by atoms with E-state index in [1.54, 1.807) is 24.9 Å². The van der Waals surface area contributed by atoms with E-state index < -0.39 is 0 Å². The minimum Gasteiger partial charge on any atom is -0.468 e. The normalized spacial score (nSPS) is 22.0. The number of rotatable bonds is 6. The fourth-order valence-electron chi connectivity index (χ4n) is 4.32. The Hall–Kier alpha value is -2.41. The van der Waals surface area contributed by atoms with Gasteiger partial charge in [0.25, 0.3) is 0 Å². The molecule has 1 N–H and O–H groups in total. The van der Waals surface area contributed by atoms with Crippen LogP contribution >= 0.6 is 0 Å². The first kappa shape index (κ1) is 18.9. The molecule has 0 spiro atoms. The van der Waals surface area contributed by atoms with Gasteiger partial charge in [-0.2, -0.15) is 0 Å². The molecule has 0 aliphatic carbocycles. The topological polar surface area (TPSA) is 74.5 Å². The number of amides is 1. The Morgan fingerprint density at radius 2 is 2.11 bits per heavy atom. The van der Waals surface area contributed by atoms with E-state index in [9.17, 15) is 4.79 Å². The number of nitrogens with one attached hydrogen (secondary N) is 1. The molecule has 4 heterocycles. The monoisotopic (exact) mass is 383 g/mol. The summed E-state index contributed by atoms with van der Waals surface area (Å²) in [6.07, 6.45) is 12.5. The summed E-state index contributed by atoms with van der Waals surface area (Å²) in [6.45, 7) is 4.33. The second-order valence-electron chi connectivity index (χ2n) is 7.72. The molecule has 2 unspecified atom stereocenters. The number of aromatic nitrogens is 2. The van der Waals surface area contributed by atoms with Gasteiger partial charge in [0.2, 0.25) is 5.91 Å². The highest BCUT2D eigenvalue weighted by molar-refractivity contribution is 5.79. The molecular formula is C21H29N5O2. The number of nitrogens with zero attached hydrogens (tertiary/aromatic N) is 4. The van der Waals surface area contributed by atoms with Crippen LogP contribution < -0.4 is 10.2 Å². The van der Waals surface area contributed by atoms with Crippen LogP contribution in [0.25, 0.3) is 0 Å². The predicted octanol–water partition coefficient (Wildman–Crippen LogP) is 2.63. The van der Waals surface area contributed by atoms with E-state index in [-0.39, 0.29) is 17.9 Å². The van der Waals surface area contributed by atoms with E-state index in [1.165, 1.54) is 19.3 Å². The molecule has 7 nitrogen and oxygen atoms in total. The van der Waals surface area contributed by atoms with Gasteiger partial charge in [0.05, 0.1) is 24.4 Å². The number of carbonyl (C=O) groups excluding carboxylic acids is 1. The summed E-state index contributed by atoms with van der Waals surface area (Å²) in [5.74, 6) is 1.89. The van der Waals surface area contributed by atoms with Crippen molar-refractivity contribution >= 4 is 11.7 Å². The lowest BCUT2D eigenvalue weighted by molar-refractivity contribution is -0.125. The lowest BCUT2D eigenvalue weighted by atomic mass is 9.97. The molecule has 2 fully saturated rings. The number of likely N-dealkylation sites (tertiary alicyclic amines) is 1. The van der Waals surface area contributed by atoms with Gasteiger partial charge in [-0.15, -0.1) is 0 Å². The first-order valence-corrected chi connectivity index (χ1v) is 10.4. The maximum absolute atomic E-state index is 12.9. The first-order valence-electron chi connectivity index (χ1n) is 10.4. The highest BCUT2D eigenvalue weighted by atomic mass is 16.3. The number of carbonyl (C=O) groups is 1.